The molecule has 0 radical (unpaired) electrons. The second-order valence-corrected chi connectivity index (χ2v) is 6.54. The molecule has 0 N–H and O–H groups in total. The molecule has 0 heterocycles. The van der Waals surface area contributed by atoms with Crippen LogP contribution in [0.25, 0.3) is 0 Å². The van der Waals surface area contributed by atoms with Crippen molar-refractivity contribution < 1.29 is 4.79 Å². The van der Waals surface area contributed by atoms with Crippen LogP contribution in [0.1, 0.15) is 63.6 Å². The molecule has 0 aliphatic heterocycles. The highest BCUT2D eigenvalue weighted by molar-refractivity contribution is 5.90. The molecule has 1 unspecified atom stereocenters. The van der Waals surface area contributed by atoms with Crippen LogP contribution in [-0.4, -0.2) is 5.78 Å². The number of fused-ring (bicyclic) bond motifs is 1. The Morgan fingerprint density at radius 2 is 1.83 bits per heavy atom. The molecule has 0 saturated carbocycles. The Labute approximate surface area is 111 Å². The van der Waals surface area contributed by atoms with Crippen molar-refractivity contribution in [3.63, 3.8) is 0 Å². The molecule has 0 bridgehead atoms. The van der Waals surface area contributed by atoms with E-state index < -0.39 is 0 Å². The standard InChI is InChI=1S/C17H24O/c1-6-15(18)17(5)10-9-16(3,4)14-11-12(2)7-8-13(14)17/h7-8,11H,6,9-10H2,1-5H3. The van der Waals surface area contributed by atoms with Gasteiger partial charge in [-0.05, 0) is 43.2 Å². The van der Waals surface area contributed by atoms with Crippen LogP contribution in [0.2, 0.25) is 0 Å². The maximum Gasteiger partial charge on any atom is 0.142 e. The largest absolute Gasteiger partial charge is 0.299 e. The Balaban J connectivity index is 2.64. The normalized spacial score (nSPS) is 25.6. The molecule has 2 rings (SSSR count). The topological polar surface area (TPSA) is 17.1 Å². The zero-order valence-electron chi connectivity index (χ0n) is 12.3. The SMILES string of the molecule is CCC(=O)C1(C)CCC(C)(C)c2cc(C)ccc21. The zero-order chi connectivity index (χ0) is 13.6. The van der Waals surface area contributed by atoms with Crippen LogP contribution in [0.3, 0.4) is 0 Å². The number of Topliss-reactive ketones (excluding diaryl/α,β-unsaturated/α-hetero) is 1. The molecule has 0 fully saturated rings. The van der Waals surface area contributed by atoms with Crippen molar-refractivity contribution >= 4 is 5.78 Å². The summed E-state index contributed by atoms with van der Waals surface area (Å²) in [4.78, 5) is 12.3. The monoisotopic (exact) mass is 244 g/mol. The molecule has 0 amide bonds. The van der Waals surface area contributed by atoms with E-state index >= 15 is 0 Å². The van der Waals surface area contributed by atoms with E-state index in [1.165, 1.54) is 16.7 Å². The molecule has 1 aromatic rings. The Bertz CT molecular complexity index is 484. The summed E-state index contributed by atoms with van der Waals surface area (Å²) in [6, 6.07) is 6.59. The van der Waals surface area contributed by atoms with Gasteiger partial charge in [-0.1, -0.05) is 44.5 Å². The third-order valence-electron chi connectivity index (χ3n) is 4.69. The number of carbonyl (C=O) groups is 1. The smallest absolute Gasteiger partial charge is 0.142 e. The highest BCUT2D eigenvalue weighted by Crippen LogP contribution is 2.46. The van der Waals surface area contributed by atoms with Crippen LogP contribution in [0.5, 0.6) is 0 Å². The Hall–Kier alpha value is -1.11. The lowest BCUT2D eigenvalue weighted by atomic mass is 9.60. The average Bonchev–Trinajstić information content (AvgIpc) is 2.33. The minimum Gasteiger partial charge on any atom is -0.299 e. The second-order valence-electron chi connectivity index (χ2n) is 6.54. The van der Waals surface area contributed by atoms with Crippen molar-refractivity contribution in [3.05, 3.63) is 34.9 Å². The van der Waals surface area contributed by atoms with Crippen molar-refractivity contribution in [2.75, 3.05) is 0 Å². The molecular weight excluding hydrogens is 220 g/mol. The third kappa shape index (κ3) is 1.90. The Morgan fingerprint density at radius 1 is 1.17 bits per heavy atom. The van der Waals surface area contributed by atoms with Gasteiger partial charge in [0.05, 0.1) is 5.41 Å². The summed E-state index contributed by atoms with van der Waals surface area (Å²) in [6.07, 6.45) is 2.69. The molecule has 0 saturated heterocycles. The number of ketones is 1. The van der Waals surface area contributed by atoms with Gasteiger partial charge in [0.2, 0.25) is 0 Å². The molecule has 18 heavy (non-hydrogen) atoms. The fraction of sp³-hybridized carbons (Fsp3) is 0.588. The number of rotatable bonds is 2. The highest BCUT2D eigenvalue weighted by Gasteiger charge is 2.43. The van der Waals surface area contributed by atoms with Crippen molar-refractivity contribution in [1.82, 2.24) is 0 Å². The first-order valence-electron chi connectivity index (χ1n) is 6.96. The maximum absolute atomic E-state index is 12.3. The van der Waals surface area contributed by atoms with Gasteiger partial charge in [-0.2, -0.15) is 0 Å². The molecule has 1 aliphatic carbocycles. The van der Waals surface area contributed by atoms with E-state index in [4.69, 9.17) is 0 Å². The fourth-order valence-corrected chi connectivity index (χ4v) is 3.21. The first-order valence-corrected chi connectivity index (χ1v) is 6.96. The van der Waals surface area contributed by atoms with Crippen LogP contribution in [0.15, 0.2) is 18.2 Å². The lowest BCUT2D eigenvalue weighted by Gasteiger charge is -2.42. The second kappa shape index (κ2) is 4.22. The predicted octanol–water partition coefficient (Wildman–Crippen LogP) is 4.30. The molecule has 1 atom stereocenters. The van der Waals surface area contributed by atoms with Crippen LogP contribution < -0.4 is 0 Å². The van der Waals surface area contributed by atoms with E-state index in [1.807, 2.05) is 6.92 Å². The van der Waals surface area contributed by atoms with Gasteiger partial charge in [0, 0.05) is 6.42 Å². The highest BCUT2D eigenvalue weighted by atomic mass is 16.1. The zero-order valence-corrected chi connectivity index (χ0v) is 12.3. The summed E-state index contributed by atoms with van der Waals surface area (Å²) in [7, 11) is 0. The van der Waals surface area contributed by atoms with Gasteiger partial charge in [0.25, 0.3) is 0 Å². The van der Waals surface area contributed by atoms with Gasteiger partial charge in [-0.25, -0.2) is 0 Å². The third-order valence-corrected chi connectivity index (χ3v) is 4.69. The van der Waals surface area contributed by atoms with E-state index in [0.29, 0.717) is 12.2 Å². The van der Waals surface area contributed by atoms with Crippen LogP contribution in [-0.2, 0) is 15.6 Å². The summed E-state index contributed by atoms with van der Waals surface area (Å²) >= 11 is 0. The minimum absolute atomic E-state index is 0.189. The Morgan fingerprint density at radius 3 is 2.44 bits per heavy atom. The molecule has 0 spiro atoms. The van der Waals surface area contributed by atoms with Crippen molar-refractivity contribution in [2.45, 2.75) is 64.7 Å². The van der Waals surface area contributed by atoms with Gasteiger partial charge in [0.1, 0.15) is 5.78 Å². The predicted molar refractivity (Wildman–Crippen MR) is 76.1 cm³/mol. The van der Waals surface area contributed by atoms with E-state index in [9.17, 15) is 4.79 Å². The molecule has 1 aromatic carbocycles. The van der Waals surface area contributed by atoms with Gasteiger partial charge in [-0.15, -0.1) is 0 Å². The van der Waals surface area contributed by atoms with Crippen molar-refractivity contribution in [3.8, 4) is 0 Å². The van der Waals surface area contributed by atoms with Crippen LogP contribution in [0, 0.1) is 6.92 Å². The average molecular weight is 244 g/mol. The molecule has 0 aromatic heterocycles. The van der Waals surface area contributed by atoms with E-state index in [-0.39, 0.29) is 10.8 Å². The van der Waals surface area contributed by atoms with Crippen LogP contribution >= 0.6 is 0 Å². The molecule has 1 aliphatic rings. The summed E-state index contributed by atoms with van der Waals surface area (Å²) in [5, 5.41) is 0. The van der Waals surface area contributed by atoms with Crippen LogP contribution in [0.4, 0.5) is 0 Å². The number of hydrogen-bond acceptors (Lipinski definition) is 1. The molecule has 1 heteroatoms. The van der Waals surface area contributed by atoms with Crippen molar-refractivity contribution in [2.24, 2.45) is 0 Å². The maximum atomic E-state index is 12.3. The lowest BCUT2D eigenvalue weighted by molar-refractivity contribution is -0.124. The number of benzene rings is 1. The number of carbonyl (C=O) groups excluding carboxylic acids is 1. The Kier molecular flexibility index (Phi) is 3.12. The number of aryl methyl sites for hydroxylation is 1. The lowest BCUT2D eigenvalue weighted by Crippen LogP contribution is -2.41. The van der Waals surface area contributed by atoms with Gasteiger partial charge >= 0.3 is 0 Å². The fourth-order valence-electron chi connectivity index (χ4n) is 3.21. The summed E-state index contributed by atoms with van der Waals surface area (Å²) < 4.78 is 0. The minimum atomic E-state index is -0.271. The van der Waals surface area contributed by atoms with Crippen molar-refractivity contribution in [1.29, 1.82) is 0 Å². The first kappa shape index (κ1) is 13.3. The summed E-state index contributed by atoms with van der Waals surface area (Å²) in [6.45, 7) is 10.8. The van der Waals surface area contributed by atoms with E-state index in [1.54, 1.807) is 0 Å². The van der Waals surface area contributed by atoms with Gasteiger partial charge in [-0.3, -0.25) is 4.79 Å². The number of hydrogen-bond donors (Lipinski definition) is 0. The summed E-state index contributed by atoms with van der Waals surface area (Å²) in [5.41, 5.74) is 3.84. The van der Waals surface area contributed by atoms with E-state index in [0.717, 1.165) is 12.8 Å². The summed E-state index contributed by atoms with van der Waals surface area (Å²) in [5.74, 6) is 0.378. The quantitative estimate of drug-likeness (QED) is 0.758. The first-order chi connectivity index (χ1) is 8.31. The van der Waals surface area contributed by atoms with E-state index in [2.05, 4.69) is 45.9 Å². The molecule has 1 nitrogen and oxygen atoms in total. The van der Waals surface area contributed by atoms with Gasteiger partial charge in [0.15, 0.2) is 0 Å². The van der Waals surface area contributed by atoms with Gasteiger partial charge < -0.3 is 0 Å². The molecular formula is C17H24O. The molecule has 98 valence electrons.